The molecule has 0 aromatic rings. The largest absolute Gasteiger partial charge is 0.395 e. The summed E-state index contributed by atoms with van der Waals surface area (Å²) in [6.07, 6.45) is 27.5. The van der Waals surface area contributed by atoms with Crippen LogP contribution in [0.3, 0.4) is 0 Å². The molecular weight excluding hydrogens is 424 g/mol. The fraction of sp³-hybridized carbons (Fsp3) is 0.966. The van der Waals surface area contributed by atoms with Gasteiger partial charge in [-0.1, -0.05) is 122 Å². The predicted octanol–water partition coefficient (Wildman–Crippen LogP) is 6.60. The average Bonchev–Trinajstić information content (AvgIpc) is 2.83. The molecule has 204 valence electrons. The van der Waals surface area contributed by atoms with Crippen molar-refractivity contribution in [3.63, 3.8) is 0 Å². The van der Waals surface area contributed by atoms with Crippen molar-refractivity contribution in [1.82, 2.24) is 10.2 Å². The quantitative estimate of drug-likeness (QED) is 0.109. The van der Waals surface area contributed by atoms with Crippen molar-refractivity contribution in [3.05, 3.63) is 0 Å². The Morgan fingerprint density at radius 3 is 1.32 bits per heavy atom. The van der Waals surface area contributed by atoms with Crippen LogP contribution in [0, 0.1) is 0 Å². The van der Waals surface area contributed by atoms with E-state index < -0.39 is 0 Å². The second-order valence-electron chi connectivity index (χ2n) is 10.1. The van der Waals surface area contributed by atoms with Crippen LogP contribution in [0.15, 0.2) is 0 Å². The Kier molecular flexibility index (Phi) is 28.0. The van der Waals surface area contributed by atoms with Gasteiger partial charge in [-0.25, -0.2) is 0 Å². The van der Waals surface area contributed by atoms with Gasteiger partial charge in [-0.3, -0.25) is 9.69 Å². The summed E-state index contributed by atoms with van der Waals surface area (Å²) in [6, 6.07) is 0. The third kappa shape index (κ3) is 26.0. The highest BCUT2D eigenvalue weighted by atomic mass is 16.3. The van der Waals surface area contributed by atoms with E-state index >= 15 is 0 Å². The van der Waals surface area contributed by atoms with Crippen molar-refractivity contribution in [2.45, 2.75) is 142 Å². The van der Waals surface area contributed by atoms with Crippen molar-refractivity contribution >= 4 is 5.91 Å². The summed E-state index contributed by atoms with van der Waals surface area (Å²) in [5.74, 6) is 0.155. The molecule has 1 amide bonds. The fourth-order valence-electron chi connectivity index (χ4n) is 4.60. The number of nitrogens with one attached hydrogen (secondary N) is 1. The maximum atomic E-state index is 11.9. The lowest BCUT2D eigenvalue weighted by Gasteiger charge is -2.19. The highest BCUT2D eigenvalue weighted by molar-refractivity contribution is 5.75. The van der Waals surface area contributed by atoms with E-state index in [2.05, 4.69) is 12.2 Å². The van der Waals surface area contributed by atoms with Gasteiger partial charge in [0, 0.05) is 26.1 Å². The summed E-state index contributed by atoms with van der Waals surface area (Å²) in [4.78, 5) is 13.9. The zero-order valence-electron chi connectivity index (χ0n) is 22.8. The molecule has 0 radical (unpaired) electrons. The Morgan fingerprint density at radius 1 is 0.559 bits per heavy atom. The lowest BCUT2D eigenvalue weighted by molar-refractivity contribution is -0.121. The first kappa shape index (κ1) is 33.4. The second-order valence-corrected chi connectivity index (χ2v) is 10.1. The highest BCUT2D eigenvalue weighted by Crippen LogP contribution is 2.14. The van der Waals surface area contributed by atoms with Gasteiger partial charge in [-0.2, -0.15) is 0 Å². The maximum absolute atomic E-state index is 11.9. The number of rotatable bonds is 28. The lowest BCUT2D eigenvalue weighted by atomic mass is 10.0. The molecule has 0 heterocycles. The molecule has 0 saturated heterocycles. The normalized spacial score (nSPS) is 11.4. The summed E-state index contributed by atoms with van der Waals surface area (Å²) < 4.78 is 0. The molecule has 0 unspecified atom stereocenters. The summed E-state index contributed by atoms with van der Waals surface area (Å²) in [5.41, 5.74) is 0. The number of unbranched alkanes of at least 4 members (excludes halogenated alkanes) is 18. The lowest BCUT2D eigenvalue weighted by Crippen LogP contribution is -2.33. The van der Waals surface area contributed by atoms with E-state index in [0.717, 1.165) is 25.8 Å². The first-order valence-electron chi connectivity index (χ1n) is 14.9. The second kappa shape index (κ2) is 28.6. The van der Waals surface area contributed by atoms with Crippen LogP contribution in [-0.4, -0.2) is 60.4 Å². The van der Waals surface area contributed by atoms with Gasteiger partial charge in [0.2, 0.25) is 5.91 Å². The van der Waals surface area contributed by atoms with Crippen LogP contribution in [0.5, 0.6) is 0 Å². The molecule has 0 aromatic heterocycles. The third-order valence-corrected chi connectivity index (χ3v) is 6.81. The van der Waals surface area contributed by atoms with E-state index in [4.69, 9.17) is 10.2 Å². The molecule has 0 aliphatic heterocycles. The average molecular weight is 485 g/mol. The molecule has 0 aliphatic carbocycles. The van der Waals surface area contributed by atoms with Gasteiger partial charge in [0.1, 0.15) is 0 Å². The van der Waals surface area contributed by atoms with Crippen LogP contribution >= 0.6 is 0 Å². The Labute approximate surface area is 212 Å². The number of nitrogens with zero attached hydrogens (tertiary/aromatic N) is 1. The van der Waals surface area contributed by atoms with Crippen molar-refractivity contribution in [2.24, 2.45) is 0 Å². The topological polar surface area (TPSA) is 72.8 Å². The Morgan fingerprint density at radius 2 is 0.941 bits per heavy atom. The van der Waals surface area contributed by atoms with Gasteiger partial charge in [-0.15, -0.1) is 0 Å². The van der Waals surface area contributed by atoms with E-state index in [1.165, 1.54) is 109 Å². The minimum Gasteiger partial charge on any atom is -0.395 e. The van der Waals surface area contributed by atoms with E-state index in [1.807, 2.05) is 4.90 Å². The van der Waals surface area contributed by atoms with Gasteiger partial charge in [0.05, 0.1) is 13.2 Å². The first-order valence-corrected chi connectivity index (χ1v) is 14.9. The van der Waals surface area contributed by atoms with Gasteiger partial charge in [0.25, 0.3) is 0 Å². The van der Waals surface area contributed by atoms with E-state index in [-0.39, 0.29) is 19.1 Å². The number of aliphatic hydroxyl groups is 2. The first-order chi connectivity index (χ1) is 16.7. The Balaban J connectivity index is 3.23. The fourth-order valence-corrected chi connectivity index (χ4v) is 4.60. The molecule has 0 saturated carbocycles. The smallest absolute Gasteiger partial charge is 0.219 e. The molecule has 5 heteroatoms. The minimum absolute atomic E-state index is 0.103. The van der Waals surface area contributed by atoms with Crippen molar-refractivity contribution in [2.75, 3.05) is 39.4 Å². The van der Waals surface area contributed by atoms with Crippen LogP contribution in [0.2, 0.25) is 0 Å². The third-order valence-electron chi connectivity index (χ3n) is 6.81. The van der Waals surface area contributed by atoms with Gasteiger partial charge in [0.15, 0.2) is 0 Å². The van der Waals surface area contributed by atoms with E-state index in [1.54, 1.807) is 0 Å². The maximum Gasteiger partial charge on any atom is 0.219 e. The molecule has 34 heavy (non-hydrogen) atoms. The molecule has 0 fully saturated rings. The minimum atomic E-state index is 0.103. The van der Waals surface area contributed by atoms with Gasteiger partial charge < -0.3 is 15.5 Å². The molecule has 5 nitrogen and oxygen atoms in total. The van der Waals surface area contributed by atoms with Gasteiger partial charge >= 0.3 is 0 Å². The van der Waals surface area contributed by atoms with Crippen LogP contribution in [0.25, 0.3) is 0 Å². The zero-order valence-corrected chi connectivity index (χ0v) is 22.8. The molecule has 0 atom stereocenters. The molecule has 0 rings (SSSR count). The number of hydrogen-bond acceptors (Lipinski definition) is 4. The van der Waals surface area contributed by atoms with Crippen LogP contribution in [0.4, 0.5) is 0 Å². The van der Waals surface area contributed by atoms with Crippen LogP contribution in [0.1, 0.15) is 142 Å². The molecule has 0 aliphatic rings. The predicted molar refractivity (Wildman–Crippen MR) is 146 cm³/mol. The standard InChI is InChI=1S/C29H60N2O3/c1-2-3-4-5-6-7-8-9-10-11-12-13-14-15-16-17-18-19-20-22-29(34)30-23-21-24-31(25-27-32)26-28-33/h32-33H,2-28H2,1H3,(H,30,34). The van der Waals surface area contributed by atoms with E-state index in [9.17, 15) is 4.79 Å². The Bertz CT molecular complexity index is 401. The summed E-state index contributed by atoms with van der Waals surface area (Å²) >= 11 is 0. The number of carbonyl (C=O) groups is 1. The number of aliphatic hydroxyl groups excluding tert-OH is 2. The summed E-state index contributed by atoms with van der Waals surface area (Å²) in [6.45, 7) is 5.11. The Hall–Kier alpha value is -0.650. The number of carbonyl (C=O) groups excluding carboxylic acids is 1. The zero-order chi connectivity index (χ0) is 25.0. The molecule has 0 spiro atoms. The molecule has 0 aromatic carbocycles. The molecular formula is C29H60N2O3. The van der Waals surface area contributed by atoms with Crippen LogP contribution in [-0.2, 0) is 4.79 Å². The van der Waals surface area contributed by atoms with Crippen molar-refractivity contribution < 1.29 is 15.0 Å². The summed E-state index contributed by atoms with van der Waals surface area (Å²) in [5, 5.41) is 21.0. The van der Waals surface area contributed by atoms with Gasteiger partial charge in [-0.05, 0) is 19.4 Å². The number of hydrogen-bond donors (Lipinski definition) is 3. The summed E-state index contributed by atoms with van der Waals surface area (Å²) in [7, 11) is 0. The molecule has 3 N–H and O–H groups in total. The van der Waals surface area contributed by atoms with E-state index in [0.29, 0.717) is 26.1 Å². The highest BCUT2D eigenvalue weighted by Gasteiger charge is 2.04. The monoisotopic (exact) mass is 484 g/mol. The van der Waals surface area contributed by atoms with Crippen molar-refractivity contribution in [1.29, 1.82) is 0 Å². The van der Waals surface area contributed by atoms with Crippen LogP contribution < -0.4 is 5.32 Å². The SMILES string of the molecule is CCCCCCCCCCCCCCCCCCCCCC(=O)NCCCN(CCO)CCO. The van der Waals surface area contributed by atoms with Crippen molar-refractivity contribution in [3.8, 4) is 0 Å². The number of amides is 1. The molecule has 0 bridgehead atoms.